The zero-order chi connectivity index (χ0) is 25.7. The molecule has 4 heteroatoms. The lowest BCUT2D eigenvalue weighted by molar-refractivity contribution is -0.195. The normalized spacial score (nSPS) is 43.8. The molecule has 0 aromatic carbocycles. The molecule has 5 aliphatic rings. The van der Waals surface area contributed by atoms with Gasteiger partial charge in [-0.15, -0.1) is 0 Å². The Bertz CT molecular complexity index is 836. The highest BCUT2D eigenvalue weighted by molar-refractivity contribution is 5.94. The summed E-state index contributed by atoms with van der Waals surface area (Å²) in [6.45, 7) is 15.8. The molecule has 204 valence electrons. The highest BCUT2D eigenvalue weighted by Crippen LogP contribution is 2.66. The lowest BCUT2D eigenvalue weighted by Gasteiger charge is -2.57. The van der Waals surface area contributed by atoms with E-state index in [2.05, 4.69) is 47.6 Å². The Morgan fingerprint density at radius 2 is 1.86 bits per heavy atom. The first-order chi connectivity index (χ1) is 17.0. The van der Waals surface area contributed by atoms with Crippen molar-refractivity contribution in [1.82, 2.24) is 0 Å². The van der Waals surface area contributed by atoms with Crippen LogP contribution in [0.1, 0.15) is 112 Å². The number of ether oxygens (including phenoxy) is 3. The van der Waals surface area contributed by atoms with E-state index < -0.39 is 0 Å². The third kappa shape index (κ3) is 5.00. The van der Waals surface area contributed by atoms with Crippen LogP contribution in [0.25, 0.3) is 0 Å². The van der Waals surface area contributed by atoms with E-state index in [4.69, 9.17) is 14.2 Å². The number of hydrogen-bond donors (Lipinski definition) is 0. The summed E-state index contributed by atoms with van der Waals surface area (Å²) in [5, 5.41) is 0. The van der Waals surface area contributed by atoms with Crippen molar-refractivity contribution in [2.45, 2.75) is 131 Å². The van der Waals surface area contributed by atoms with Crippen molar-refractivity contribution in [3.8, 4) is 0 Å². The molecule has 1 heterocycles. The van der Waals surface area contributed by atoms with Crippen molar-refractivity contribution in [3.05, 3.63) is 11.6 Å². The van der Waals surface area contributed by atoms with Gasteiger partial charge in [0.05, 0.1) is 12.2 Å². The van der Waals surface area contributed by atoms with Gasteiger partial charge >= 0.3 is 0 Å². The Hall–Kier alpha value is -0.710. The van der Waals surface area contributed by atoms with Gasteiger partial charge in [-0.05, 0) is 118 Å². The van der Waals surface area contributed by atoms with E-state index in [-0.39, 0.29) is 35.2 Å². The minimum atomic E-state index is -0.0424. The Kier molecular flexibility index (Phi) is 7.55. The first-order valence-electron chi connectivity index (χ1n) is 15.1. The molecule has 0 aromatic rings. The van der Waals surface area contributed by atoms with Crippen molar-refractivity contribution in [1.29, 1.82) is 0 Å². The van der Waals surface area contributed by atoms with Gasteiger partial charge in [-0.3, -0.25) is 4.79 Å². The molecule has 0 bridgehead atoms. The summed E-state index contributed by atoms with van der Waals surface area (Å²) in [7, 11) is 0. The predicted molar refractivity (Wildman–Crippen MR) is 144 cm³/mol. The first kappa shape index (κ1) is 26.9. The van der Waals surface area contributed by atoms with Crippen molar-refractivity contribution in [3.63, 3.8) is 0 Å². The number of hydrogen-bond acceptors (Lipinski definition) is 4. The first-order valence-corrected chi connectivity index (χ1v) is 15.1. The second kappa shape index (κ2) is 10.1. The summed E-state index contributed by atoms with van der Waals surface area (Å²) in [6.07, 6.45) is 14.9. The Morgan fingerprint density at radius 3 is 2.58 bits per heavy atom. The molecular formula is C32H52O4. The number of ketones is 1. The number of carbonyl (C=O) groups excluding carboxylic acids is 1. The van der Waals surface area contributed by atoms with Gasteiger partial charge in [0.1, 0.15) is 0 Å². The molecule has 1 saturated heterocycles. The lowest BCUT2D eigenvalue weighted by atomic mass is 9.47. The van der Waals surface area contributed by atoms with Gasteiger partial charge in [0.25, 0.3) is 0 Å². The zero-order valence-electron chi connectivity index (χ0n) is 23.9. The Morgan fingerprint density at radius 1 is 1.06 bits per heavy atom. The fourth-order valence-corrected chi connectivity index (χ4v) is 9.00. The van der Waals surface area contributed by atoms with Crippen LogP contribution in [0.15, 0.2) is 11.6 Å². The monoisotopic (exact) mass is 500 g/mol. The molecule has 5 rings (SSSR count). The summed E-state index contributed by atoms with van der Waals surface area (Å²) in [6, 6.07) is 0. The highest BCUT2D eigenvalue weighted by Gasteiger charge is 2.61. The van der Waals surface area contributed by atoms with Crippen LogP contribution in [0.5, 0.6) is 0 Å². The topological polar surface area (TPSA) is 44.8 Å². The molecule has 0 radical (unpaired) electrons. The van der Waals surface area contributed by atoms with Crippen molar-refractivity contribution in [2.24, 2.45) is 39.9 Å². The molecule has 1 unspecified atom stereocenters. The molecule has 0 N–H and O–H groups in total. The minimum Gasteiger partial charge on any atom is -0.378 e. The predicted octanol–water partition coefficient (Wildman–Crippen LogP) is 7.50. The summed E-state index contributed by atoms with van der Waals surface area (Å²) in [5.41, 5.74) is 2.05. The molecule has 1 aliphatic heterocycles. The van der Waals surface area contributed by atoms with E-state index in [1.165, 1.54) is 37.7 Å². The average Bonchev–Trinajstić information content (AvgIpc) is 3.17. The van der Waals surface area contributed by atoms with E-state index in [0.717, 1.165) is 51.7 Å². The molecule has 0 spiro atoms. The molecule has 0 amide bonds. The molecular weight excluding hydrogens is 448 g/mol. The number of fused-ring (bicyclic) bond motifs is 5. The van der Waals surface area contributed by atoms with Gasteiger partial charge in [0.15, 0.2) is 12.1 Å². The van der Waals surface area contributed by atoms with Crippen molar-refractivity contribution < 1.29 is 19.0 Å². The van der Waals surface area contributed by atoms with Gasteiger partial charge in [-0.2, -0.15) is 0 Å². The van der Waals surface area contributed by atoms with Gasteiger partial charge in [-0.1, -0.05) is 40.2 Å². The van der Waals surface area contributed by atoms with Crippen LogP contribution in [0.2, 0.25) is 0 Å². The van der Waals surface area contributed by atoms with Crippen LogP contribution in [-0.4, -0.2) is 37.5 Å². The number of rotatable bonds is 6. The molecule has 3 saturated carbocycles. The quantitative estimate of drug-likeness (QED) is 0.379. The van der Waals surface area contributed by atoms with Gasteiger partial charge < -0.3 is 14.2 Å². The van der Waals surface area contributed by atoms with Crippen LogP contribution < -0.4 is 0 Å². The highest BCUT2D eigenvalue weighted by atomic mass is 16.7. The summed E-state index contributed by atoms with van der Waals surface area (Å²) in [5.74, 6) is 2.17. The number of allylic oxidation sites excluding steroid dienone is 1. The second-order valence-corrected chi connectivity index (χ2v) is 14.6. The zero-order valence-corrected chi connectivity index (χ0v) is 23.9. The molecule has 36 heavy (non-hydrogen) atoms. The third-order valence-electron chi connectivity index (χ3n) is 11.3. The third-order valence-corrected chi connectivity index (χ3v) is 11.3. The lowest BCUT2D eigenvalue weighted by Crippen LogP contribution is -2.54. The SMILES string of the molecule is C[C@H](OCCC(C)(C)C)[C@H]1CC[C@H]2[C@@H]3C(=O)C=C4C[C@@H](OC5CCCCO5)CC[C@]4(C)[C@H]3CC[C@]12C. The van der Waals surface area contributed by atoms with E-state index in [1.807, 2.05) is 0 Å². The maximum Gasteiger partial charge on any atom is 0.159 e. The van der Waals surface area contributed by atoms with Crippen LogP contribution >= 0.6 is 0 Å². The van der Waals surface area contributed by atoms with E-state index >= 15 is 0 Å². The largest absolute Gasteiger partial charge is 0.378 e. The van der Waals surface area contributed by atoms with E-state index in [9.17, 15) is 4.79 Å². The van der Waals surface area contributed by atoms with E-state index in [0.29, 0.717) is 29.0 Å². The molecule has 9 atom stereocenters. The fraction of sp³-hybridized carbons (Fsp3) is 0.906. The summed E-state index contributed by atoms with van der Waals surface area (Å²) in [4.78, 5) is 13.8. The Balaban J connectivity index is 1.28. The van der Waals surface area contributed by atoms with E-state index in [1.54, 1.807) is 0 Å². The smallest absolute Gasteiger partial charge is 0.159 e. The second-order valence-electron chi connectivity index (χ2n) is 14.6. The van der Waals surface area contributed by atoms with Crippen LogP contribution in [0.3, 0.4) is 0 Å². The van der Waals surface area contributed by atoms with Crippen LogP contribution in [0.4, 0.5) is 0 Å². The fourth-order valence-electron chi connectivity index (χ4n) is 9.00. The average molecular weight is 501 g/mol. The van der Waals surface area contributed by atoms with Crippen LogP contribution in [0, 0.1) is 39.9 Å². The summed E-state index contributed by atoms with van der Waals surface area (Å²) < 4.78 is 18.7. The molecule has 0 aromatic heterocycles. The molecule has 4 aliphatic carbocycles. The molecule has 4 nitrogen and oxygen atoms in total. The Labute approximate surface area is 220 Å². The standard InChI is InChI=1S/C32H52O4/c1-21(34-18-16-30(2,3)4)24-10-11-25-29-26(13-15-32(24,25)6)31(5)14-12-23(19-22(31)20-27(29)33)36-28-9-7-8-17-35-28/h20-21,23-26,28-29H,7-19H2,1-6H3/t21-,23-,24+,25-,26-,28?,29-,31-,32+/m0/s1. The maximum atomic E-state index is 13.8. The van der Waals surface area contributed by atoms with Crippen molar-refractivity contribution in [2.75, 3.05) is 13.2 Å². The summed E-state index contributed by atoms with van der Waals surface area (Å²) >= 11 is 0. The van der Waals surface area contributed by atoms with Gasteiger partial charge in [-0.25, -0.2) is 0 Å². The maximum absolute atomic E-state index is 13.8. The number of carbonyl (C=O) groups is 1. The minimum absolute atomic E-state index is 0.0424. The van der Waals surface area contributed by atoms with Gasteiger partial charge in [0, 0.05) is 19.1 Å². The van der Waals surface area contributed by atoms with Crippen molar-refractivity contribution >= 4 is 5.78 Å². The van der Waals surface area contributed by atoms with Crippen LogP contribution in [-0.2, 0) is 19.0 Å². The van der Waals surface area contributed by atoms with Gasteiger partial charge in [0.2, 0.25) is 0 Å². The molecule has 4 fully saturated rings.